The molecule has 0 bridgehead atoms. The average Bonchev–Trinajstić information content (AvgIpc) is 2.57. The molecule has 2 fully saturated rings. The normalized spacial score (nSPS) is 34.3. The lowest BCUT2D eigenvalue weighted by Gasteiger charge is -2.49. The maximum Gasteiger partial charge on any atom is 0.323 e. The Morgan fingerprint density at radius 3 is 1.85 bits per heavy atom. The van der Waals surface area contributed by atoms with Gasteiger partial charge in [-0.2, -0.15) is 0 Å². The van der Waals surface area contributed by atoms with E-state index in [2.05, 4.69) is 0 Å². The first kappa shape index (κ1) is 15.1. The van der Waals surface area contributed by atoms with Gasteiger partial charge in [0, 0.05) is 26.2 Å². The van der Waals surface area contributed by atoms with E-state index in [-0.39, 0.29) is 17.6 Å². The summed E-state index contributed by atoms with van der Waals surface area (Å²) in [5, 5.41) is 0. The van der Waals surface area contributed by atoms with Crippen LogP contribution in [0.2, 0.25) is 0 Å². The van der Waals surface area contributed by atoms with Gasteiger partial charge in [-0.3, -0.25) is 0 Å². The molecule has 8 heteroatoms. The van der Waals surface area contributed by atoms with Crippen LogP contribution in [-0.4, -0.2) is 84.7 Å². The number of fused-ring (bicyclic) bond motifs is 1. The van der Waals surface area contributed by atoms with E-state index < -0.39 is 11.1 Å². The van der Waals surface area contributed by atoms with Gasteiger partial charge in [-0.1, -0.05) is 0 Å². The van der Waals surface area contributed by atoms with Crippen molar-refractivity contribution in [2.45, 2.75) is 44.4 Å². The molecule has 0 aromatic heterocycles. The van der Waals surface area contributed by atoms with Gasteiger partial charge in [0.05, 0.1) is 0 Å². The Hall–Kier alpha value is -1.33. The number of rotatable bonds is 1. The first-order valence-electron chi connectivity index (χ1n) is 7.09. The summed E-state index contributed by atoms with van der Waals surface area (Å²) in [7, 11) is 7.50. The summed E-state index contributed by atoms with van der Waals surface area (Å²) in [5.74, 6) is 0. The largest absolute Gasteiger partial charge is 0.323 e. The lowest BCUT2D eigenvalue weighted by molar-refractivity contribution is 0.0327. The van der Waals surface area contributed by atoms with Crippen molar-refractivity contribution in [2.75, 3.05) is 20.6 Å². The van der Waals surface area contributed by atoms with Crippen molar-refractivity contribution in [1.29, 1.82) is 0 Å². The van der Waals surface area contributed by atoms with E-state index in [4.69, 9.17) is 0 Å². The maximum absolute atomic E-state index is 12.9. The van der Waals surface area contributed by atoms with Crippen LogP contribution in [0.4, 0.5) is 9.59 Å². The number of hydrogen-bond donors (Lipinski definition) is 0. The standard InChI is InChI=1S/C12H24B2N4O2/c1-7-17-9(20)18(10(2,3)4)12(14)11(17,13)15(5)8(19)16(12)6/h7,13-14H2,1-6H3. The second kappa shape index (κ2) is 3.86. The van der Waals surface area contributed by atoms with E-state index >= 15 is 0 Å². The molecule has 0 radical (unpaired) electrons. The van der Waals surface area contributed by atoms with E-state index in [9.17, 15) is 9.59 Å². The highest BCUT2D eigenvalue weighted by atomic mass is 16.2. The number of carbonyl (C=O) groups is 2. The number of amides is 4. The molecule has 0 N–H and O–H groups in total. The third-order valence-corrected chi connectivity index (χ3v) is 5.15. The van der Waals surface area contributed by atoms with Gasteiger partial charge < -0.3 is 19.6 Å². The van der Waals surface area contributed by atoms with E-state index in [1.54, 1.807) is 28.8 Å². The van der Waals surface area contributed by atoms with Crippen LogP contribution in [0.25, 0.3) is 0 Å². The predicted molar refractivity (Wildman–Crippen MR) is 82.8 cm³/mol. The minimum absolute atomic E-state index is 0.0174. The lowest BCUT2D eigenvalue weighted by atomic mass is 9.64. The molecule has 0 spiro atoms. The van der Waals surface area contributed by atoms with Gasteiger partial charge in [0.1, 0.15) is 11.1 Å². The van der Waals surface area contributed by atoms with Crippen molar-refractivity contribution in [2.24, 2.45) is 0 Å². The molecule has 6 nitrogen and oxygen atoms in total. The highest BCUT2D eigenvalue weighted by Gasteiger charge is 2.72. The summed E-state index contributed by atoms with van der Waals surface area (Å²) >= 11 is 0. The molecule has 0 aromatic carbocycles. The fourth-order valence-corrected chi connectivity index (χ4v) is 3.91. The SMILES string of the molecule is BC12N(C)C(=O)N(C)C1(B)N(C(C)(C)C)C(=O)N2CC. The molecule has 0 saturated carbocycles. The fourth-order valence-electron chi connectivity index (χ4n) is 3.91. The molecule has 20 heavy (non-hydrogen) atoms. The Labute approximate surface area is 122 Å². The van der Waals surface area contributed by atoms with Crippen molar-refractivity contribution in [3.63, 3.8) is 0 Å². The van der Waals surface area contributed by atoms with Gasteiger partial charge in [-0.15, -0.1) is 0 Å². The zero-order chi connectivity index (χ0) is 15.7. The van der Waals surface area contributed by atoms with Crippen molar-refractivity contribution < 1.29 is 9.59 Å². The van der Waals surface area contributed by atoms with Crippen LogP contribution in [0.15, 0.2) is 0 Å². The molecule has 2 unspecified atom stereocenters. The van der Waals surface area contributed by atoms with Crippen LogP contribution in [0, 0.1) is 0 Å². The second-order valence-electron chi connectivity index (χ2n) is 6.98. The zero-order valence-corrected chi connectivity index (χ0v) is 13.8. The third kappa shape index (κ3) is 1.32. The fraction of sp³-hybridized carbons (Fsp3) is 0.833. The van der Waals surface area contributed by atoms with Crippen LogP contribution in [0.3, 0.4) is 0 Å². The minimum Gasteiger partial charge on any atom is -0.309 e. The molecular formula is C12H24B2N4O2. The Balaban J connectivity index is 2.72. The molecular weight excluding hydrogens is 254 g/mol. The van der Waals surface area contributed by atoms with Gasteiger partial charge in [-0.05, 0) is 27.7 Å². The Morgan fingerprint density at radius 2 is 1.45 bits per heavy atom. The summed E-state index contributed by atoms with van der Waals surface area (Å²) in [4.78, 5) is 32.3. The molecule has 2 atom stereocenters. The summed E-state index contributed by atoms with van der Waals surface area (Å²) in [6.45, 7) is 8.54. The molecule has 2 rings (SSSR count). The van der Waals surface area contributed by atoms with Crippen molar-refractivity contribution in [3.05, 3.63) is 0 Å². The Morgan fingerprint density at radius 1 is 1.00 bits per heavy atom. The van der Waals surface area contributed by atoms with Crippen LogP contribution >= 0.6 is 0 Å². The highest BCUT2D eigenvalue weighted by Crippen LogP contribution is 2.49. The lowest BCUT2D eigenvalue weighted by Crippen LogP contribution is -2.70. The predicted octanol–water partition coefficient (Wildman–Crippen LogP) is -0.887. The molecule has 4 amide bonds. The Kier molecular flexibility index (Phi) is 2.91. The van der Waals surface area contributed by atoms with Crippen LogP contribution in [0.5, 0.6) is 0 Å². The van der Waals surface area contributed by atoms with Gasteiger partial charge in [-0.25, -0.2) is 9.59 Å². The average molecular weight is 278 g/mol. The third-order valence-electron chi connectivity index (χ3n) is 5.15. The summed E-state index contributed by atoms with van der Waals surface area (Å²) in [5.41, 5.74) is -1.72. The number of nitrogens with zero attached hydrogens (tertiary/aromatic N) is 4. The van der Waals surface area contributed by atoms with E-state index in [1.165, 1.54) is 0 Å². The number of carbonyl (C=O) groups excluding carboxylic acids is 2. The van der Waals surface area contributed by atoms with E-state index in [0.29, 0.717) is 6.54 Å². The zero-order valence-electron chi connectivity index (χ0n) is 13.8. The minimum atomic E-state index is -0.690. The first-order valence-corrected chi connectivity index (χ1v) is 7.09. The smallest absolute Gasteiger partial charge is 0.309 e. The van der Waals surface area contributed by atoms with Crippen molar-refractivity contribution in [3.8, 4) is 0 Å². The summed E-state index contributed by atoms with van der Waals surface area (Å²) < 4.78 is 0. The molecule has 0 aromatic rings. The first-order chi connectivity index (χ1) is 8.95. The molecule has 110 valence electrons. The van der Waals surface area contributed by atoms with Crippen molar-refractivity contribution >= 4 is 27.8 Å². The van der Waals surface area contributed by atoms with Gasteiger partial charge in [0.2, 0.25) is 0 Å². The molecule has 2 aliphatic heterocycles. The topological polar surface area (TPSA) is 47.1 Å². The second-order valence-corrected chi connectivity index (χ2v) is 6.98. The highest BCUT2D eigenvalue weighted by molar-refractivity contribution is 6.32. The quantitative estimate of drug-likeness (QED) is 0.584. The molecule has 0 aliphatic carbocycles. The van der Waals surface area contributed by atoms with Gasteiger partial charge in [0.25, 0.3) is 0 Å². The summed E-state index contributed by atoms with van der Waals surface area (Å²) in [6.07, 6.45) is 0. The molecule has 2 saturated heterocycles. The van der Waals surface area contributed by atoms with Crippen molar-refractivity contribution in [1.82, 2.24) is 19.6 Å². The Bertz CT molecular complexity index is 481. The molecule has 2 heterocycles. The maximum atomic E-state index is 12.9. The van der Waals surface area contributed by atoms with Gasteiger partial charge >= 0.3 is 12.1 Å². The van der Waals surface area contributed by atoms with E-state index in [0.717, 1.165) is 0 Å². The number of hydrogen-bond acceptors (Lipinski definition) is 2. The van der Waals surface area contributed by atoms with E-state index in [1.807, 2.05) is 48.3 Å². The monoisotopic (exact) mass is 278 g/mol. The summed E-state index contributed by atoms with van der Waals surface area (Å²) in [6, 6.07) is -0.0774. The van der Waals surface area contributed by atoms with Crippen LogP contribution in [0.1, 0.15) is 27.7 Å². The number of urea groups is 2. The van der Waals surface area contributed by atoms with Gasteiger partial charge in [0.15, 0.2) is 15.7 Å². The van der Waals surface area contributed by atoms with Crippen LogP contribution in [-0.2, 0) is 0 Å². The molecule has 2 aliphatic rings. The number of likely N-dealkylation sites (N-methyl/N-ethyl adjacent to an activating group) is 3. The van der Waals surface area contributed by atoms with Crippen LogP contribution < -0.4 is 0 Å².